The fraction of sp³-hybridized carbons (Fsp3) is 0.143. The van der Waals surface area contributed by atoms with Crippen molar-refractivity contribution < 1.29 is 5.11 Å². The maximum absolute atomic E-state index is 8.75. The van der Waals surface area contributed by atoms with E-state index in [1.165, 1.54) is 6.33 Å². The molecule has 5 heteroatoms. The summed E-state index contributed by atoms with van der Waals surface area (Å²) < 4.78 is 0. The van der Waals surface area contributed by atoms with Gasteiger partial charge in [-0.2, -0.15) is 5.10 Å². The average Bonchev–Trinajstić information content (AvgIpc) is 2.46. The molecule has 5 nitrogen and oxygen atoms in total. The molecule has 0 atom stereocenters. The minimum Gasteiger partial charge on any atom is -0.390 e. The summed E-state index contributed by atoms with van der Waals surface area (Å²) in [5.41, 5.74) is 1.19. The topological polar surface area (TPSA) is 71.8 Å². The molecule has 2 aliphatic heterocycles. The van der Waals surface area contributed by atoms with Gasteiger partial charge in [-0.05, 0) is 12.1 Å². The van der Waals surface area contributed by atoms with Crippen molar-refractivity contribution in [2.75, 3.05) is 0 Å². The zero-order valence-corrected chi connectivity index (χ0v) is 6.18. The number of hydrogen-bond donors (Lipinski definition) is 1. The van der Waals surface area contributed by atoms with Gasteiger partial charge >= 0.3 is 0 Å². The smallest absolute Gasteiger partial charge is 0.201 e. The molecule has 0 aromatic rings. The van der Waals surface area contributed by atoms with Crippen LogP contribution in [0.1, 0.15) is 5.69 Å². The van der Waals surface area contributed by atoms with Gasteiger partial charge in [0.1, 0.15) is 12.0 Å². The van der Waals surface area contributed by atoms with Crippen molar-refractivity contribution in [3.05, 3.63) is 24.2 Å². The molecule has 0 aromatic carbocycles. The van der Waals surface area contributed by atoms with Gasteiger partial charge in [-0.3, -0.25) is 0 Å². The minimum absolute atomic E-state index is 0.121. The van der Waals surface area contributed by atoms with Crippen LogP contribution in [0.2, 0.25) is 0 Å². The second-order valence-corrected chi connectivity index (χ2v) is 2.27. The number of aliphatic hydroxyl groups excluding tert-OH is 1. The summed E-state index contributed by atoms with van der Waals surface area (Å²) in [6.07, 6.45) is 1.43. The standard InChI is InChI=1S/C7H6N4O/c12-3-5-1-2-6-7(11-10-5)9-4-8-6/h1-2,4,12H,3H2. The molecule has 0 radical (unpaired) electrons. The van der Waals surface area contributed by atoms with Gasteiger partial charge in [0, 0.05) is 0 Å². The van der Waals surface area contributed by atoms with Crippen LogP contribution in [0.4, 0.5) is 0 Å². The van der Waals surface area contributed by atoms with Crippen LogP contribution in [0.3, 0.4) is 0 Å². The lowest BCUT2D eigenvalue weighted by molar-refractivity contribution is 0.276. The van der Waals surface area contributed by atoms with E-state index in [9.17, 15) is 0 Å². The Bertz CT molecular complexity index is 334. The maximum Gasteiger partial charge on any atom is 0.201 e. The Balaban J connectivity index is 2.58. The Labute approximate surface area is 68.5 Å². The summed E-state index contributed by atoms with van der Waals surface area (Å²) in [5.74, 6) is 0.495. The molecule has 0 amide bonds. The summed E-state index contributed by atoms with van der Waals surface area (Å²) in [4.78, 5) is 7.81. The lowest BCUT2D eigenvalue weighted by atomic mass is 10.3. The summed E-state index contributed by atoms with van der Waals surface area (Å²) in [6, 6.07) is 3.40. The molecule has 2 rings (SSSR count). The first-order valence-corrected chi connectivity index (χ1v) is 3.44. The van der Waals surface area contributed by atoms with Crippen molar-refractivity contribution in [3.8, 4) is 11.5 Å². The van der Waals surface area contributed by atoms with Gasteiger partial charge in [-0.1, -0.05) is 0 Å². The second kappa shape index (κ2) is 2.78. The van der Waals surface area contributed by atoms with Crippen molar-refractivity contribution >= 4 is 0 Å². The van der Waals surface area contributed by atoms with Crippen molar-refractivity contribution in [3.63, 3.8) is 0 Å². The summed E-state index contributed by atoms with van der Waals surface area (Å²) in [7, 11) is 0. The zero-order chi connectivity index (χ0) is 8.39. The number of fused-ring (bicyclic) bond motifs is 1. The fourth-order valence-electron chi connectivity index (χ4n) is 0.869. The van der Waals surface area contributed by atoms with Crippen LogP contribution in [0.5, 0.6) is 0 Å². The number of hydrogen-bond acceptors (Lipinski definition) is 5. The molecular weight excluding hydrogens is 156 g/mol. The van der Waals surface area contributed by atoms with Crippen LogP contribution in [-0.4, -0.2) is 25.3 Å². The van der Waals surface area contributed by atoms with E-state index in [1.54, 1.807) is 12.1 Å². The number of imidazole rings is 1. The molecule has 0 aliphatic carbocycles. The molecule has 0 bridgehead atoms. The van der Waals surface area contributed by atoms with Crippen molar-refractivity contribution in [2.45, 2.75) is 6.61 Å². The van der Waals surface area contributed by atoms with Gasteiger partial charge in [-0.15, -0.1) is 5.10 Å². The highest BCUT2D eigenvalue weighted by Crippen LogP contribution is 2.10. The highest BCUT2D eigenvalue weighted by Gasteiger charge is 2.04. The van der Waals surface area contributed by atoms with Gasteiger partial charge in [-0.25, -0.2) is 9.97 Å². The Kier molecular flexibility index (Phi) is 1.64. The third-order valence-corrected chi connectivity index (χ3v) is 1.47. The van der Waals surface area contributed by atoms with Crippen LogP contribution in [0, 0.1) is 0 Å². The first-order chi connectivity index (χ1) is 5.90. The minimum atomic E-state index is -0.121. The highest BCUT2D eigenvalue weighted by molar-refractivity contribution is 5.48. The molecule has 2 aliphatic rings. The molecule has 60 valence electrons. The van der Waals surface area contributed by atoms with E-state index in [0.717, 1.165) is 0 Å². The molecular formula is C7H6N4O. The van der Waals surface area contributed by atoms with Crippen molar-refractivity contribution in [2.24, 2.45) is 0 Å². The molecule has 0 spiro atoms. The molecule has 0 aromatic heterocycles. The van der Waals surface area contributed by atoms with Crippen molar-refractivity contribution in [1.29, 1.82) is 0 Å². The van der Waals surface area contributed by atoms with Crippen LogP contribution >= 0.6 is 0 Å². The third-order valence-electron chi connectivity index (χ3n) is 1.47. The fourth-order valence-corrected chi connectivity index (χ4v) is 0.869. The lowest BCUT2D eigenvalue weighted by Crippen LogP contribution is -1.86. The Morgan fingerprint density at radius 3 is 2.92 bits per heavy atom. The average molecular weight is 162 g/mol. The van der Waals surface area contributed by atoms with E-state index in [2.05, 4.69) is 20.2 Å². The molecule has 0 saturated heterocycles. The molecule has 0 saturated carbocycles. The van der Waals surface area contributed by atoms with E-state index in [-0.39, 0.29) is 6.61 Å². The van der Waals surface area contributed by atoms with Crippen LogP contribution in [0.15, 0.2) is 18.5 Å². The lowest BCUT2D eigenvalue weighted by Gasteiger charge is -1.81. The SMILES string of the molecule is OCc1ccc2ncnc-2nn1. The predicted octanol–water partition coefficient (Wildman–Crippen LogP) is -0.136. The highest BCUT2D eigenvalue weighted by atomic mass is 16.3. The third kappa shape index (κ3) is 1.10. The van der Waals surface area contributed by atoms with Gasteiger partial charge in [0.25, 0.3) is 0 Å². The monoisotopic (exact) mass is 162 g/mol. The molecule has 0 unspecified atom stereocenters. The molecule has 1 N–H and O–H groups in total. The van der Waals surface area contributed by atoms with Gasteiger partial charge in [0.15, 0.2) is 0 Å². The second-order valence-electron chi connectivity index (χ2n) is 2.27. The normalized spacial score (nSPS) is 10.4. The van der Waals surface area contributed by atoms with Crippen molar-refractivity contribution in [1.82, 2.24) is 20.2 Å². The summed E-state index contributed by atoms with van der Waals surface area (Å²) >= 11 is 0. The number of aliphatic hydroxyl groups is 1. The van der Waals surface area contributed by atoms with E-state index < -0.39 is 0 Å². The first kappa shape index (κ1) is 7.05. The maximum atomic E-state index is 8.75. The number of aromatic nitrogens is 4. The quantitative estimate of drug-likeness (QED) is 0.632. The van der Waals surface area contributed by atoms with E-state index in [1.807, 2.05) is 0 Å². The van der Waals surface area contributed by atoms with Crippen LogP contribution in [0.25, 0.3) is 11.5 Å². The summed E-state index contributed by atoms with van der Waals surface area (Å²) in [5, 5.41) is 16.3. The van der Waals surface area contributed by atoms with Crippen LogP contribution < -0.4 is 0 Å². The van der Waals surface area contributed by atoms with E-state index in [4.69, 9.17) is 5.11 Å². The number of nitrogens with zero attached hydrogens (tertiary/aromatic N) is 4. The molecule has 2 heterocycles. The number of rotatable bonds is 1. The molecule has 0 fully saturated rings. The van der Waals surface area contributed by atoms with Gasteiger partial charge < -0.3 is 5.11 Å². The Hall–Kier alpha value is -1.62. The van der Waals surface area contributed by atoms with E-state index in [0.29, 0.717) is 17.2 Å². The first-order valence-electron chi connectivity index (χ1n) is 3.44. The van der Waals surface area contributed by atoms with E-state index >= 15 is 0 Å². The zero-order valence-electron chi connectivity index (χ0n) is 6.18. The summed E-state index contributed by atoms with van der Waals surface area (Å²) in [6.45, 7) is -0.121. The predicted molar refractivity (Wildman–Crippen MR) is 40.2 cm³/mol. The largest absolute Gasteiger partial charge is 0.390 e. The molecule has 12 heavy (non-hydrogen) atoms. The Morgan fingerprint density at radius 1 is 1.17 bits per heavy atom. The van der Waals surface area contributed by atoms with Gasteiger partial charge in [0.2, 0.25) is 5.82 Å². The van der Waals surface area contributed by atoms with Gasteiger partial charge in [0.05, 0.1) is 12.3 Å². The Morgan fingerprint density at radius 2 is 2.08 bits per heavy atom. The van der Waals surface area contributed by atoms with Crippen LogP contribution in [-0.2, 0) is 6.61 Å².